The third-order valence-electron chi connectivity index (χ3n) is 5.63. The second-order valence-electron chi connectivity index (χ2n) is 7.76. The van der Waals surface area contributed by atoms with Gasteiger partial charge in [0, 0.05) is 55.7 Å². The molecule has 1 aliphatic rings. The summed E-state index contributed by atoms with van der Waals surface area (Å²) in [6.07, 6.45) is 0.965. The third kappa shape index (κ3) is 5.03. The van der Waals surface area contributed by atoms with Gasteiger partial charge in [0.15, 0.2) is 0 Å². The van der Waals surface area contributed by atoms with E-state index in [0.717, 1.165) is 50.5 Å². The van der Waals surface area contributed by atoms with Gasteiger partial charge in [0.2, 0.25) is 0 Å². The average Bonchev–Trinajstić information content (AvgIpc) is 3.00. The van der Waals surface area contributed by atoms with E-state index in [1.54, 1.807) is 7.11 Å². The lowest BCUT2D eigenvalue weighted by atomic mass is 10.1. The number of nitrogens with zero attached hydrogens (tertiary/aromatic N) is 3. The van der Waals surface area contributed by atoms with Gasteiger partial charge in [-0.05, 0) is 75.7 Å². The molecular formula is C24H33N3O2. The highest BCUT2D eigenvalue weighted by molar-refractivity contribution is 5.94. The molecule has 29 heavy (non-hydrogen) atoms. The van der Waals surface area contributed by atoms with Gasteiger partial charge in [-0.25, -0.2) is 0 Å². The zero-order valence-corrected chi connectivity index (χ0v) is 18.1. The molecule has 0 N–H and O–H groups in total. The fraction of sp³-hybridized carbons (Fsp3) is 0.458. The van der Waals surface area contributed by atoms with Gasteiger partial charge >= 0.3 is 0 Å². The highest BCUT2D eigenvalue weighted by Crippen LogP contribution is 2.22. The smallest absolute Gasteiger partial charge is 0.253 e. The van der Waals surface area contributed by atoms with E-state index in [0.29, 0.717) is 6.04 Å². The first-order valence-electron chi connectivity index (χ1n) is 10.6. The lowest BCUT2D eigenvalue weighted by Gasteiger charge is -2.28. The maximum Gasteiger partial charge on any atom is 0.253 e. The monoisotopic (exact) mass is 395 g/mol. The summed E-state index contributed by atoms with van der Waals surface area (Å²) in [6.45, 7) is 10.8. The Morgan fingerprint density at radius 2 is 1.69 bits per heavy atom. The number of benzene rings is 2. The molecule has 0 bridgehead atoms. The molecule has 0 atom stereocenters. The van der Waals surface area contributed by atoms with Crippen LogP contribution in [0.3, 0.4) is 0 Å². The van der Waals surface area contributed by atoms with E-state index in [-0.39, 0.29) is 5.91 Å². The minimum absolute atomic E-state index is 0.126. The Hall–Kier alpha value is -2.69. The highest BCUT2D eigenvalue weighted by Gasteiger charge is 2.21. The molecular weight excluding hydrogens is 362 g/mol. The van der Waals surface area contributed by atoms with Crippen LogP contribution in [-0.4, -0.2) is 56.7 Å². The molecule has 0 saturated carbocycles. The molecule has 0 spiro atoms. The largest absolute Gasteiger partial charge is 0.497 e. The van der Waals surface area contributed by atoms with Crippen molar-refractivity contribution in [3.8, 4) is 5.75 Å². The first-order chi connectivity index (χ1) is 14.0. The molecule has 1 heterocycles. The fourth-order valence-corrected chi connectivity index (χ4v) is 4.00. The van der Waals surface area contributed by atoms with Gasteiger partial charge in [0.25, 0.3) is 5.91 Å². The normalized spacial score (nSPS) is 14.7. The summed E-state index contributed by atoms with van der Waals surface area (Å²) in [7, 11) is 1.68. The maximum atomic E-state index is 13.0. The van der Waals surface area contributed by atoms with Crippen LogP contribution >= 0.6 is 0 Å². The van der Waals surface area contributed by atoms with Gasteiger partial charge in [-0.15, -0.1) is 0 Å². The molecule has 0 aromatic heterocycles. The lowest BCUT2D eigenvalue weighted by molar-refractivity contribution is 0.0767. The fourth-order valence-electron chi connectivity index (χ4n) is 4.00. The van der Waals surface area contributed by atoms with E-state index < -0.39 is 0 Å². The van der Waals surface area contributed by atoms with Crippen LogP contribution in [-0.2, 0) is 0 Å². The van der Waals surface area contributed by atoms with Crippen molar-refractivity contribution in [2.75, 3.05) is 49.6 Å². The van der Waals surface area contributed by atoms with E-state index in [9.17, 15) is 4.79 Å². The minimum Gasteiger partial charge on any atom is -0.497 e. The Balaban J connectivity index is 1.64. The molecule has 1 saturated heterocycles. The maximum absolute atomic E-state index is 13.0. The Kier molecular flexibility index (Phi) is 7.02. The van der Waals surface area contributed by atoms with Crippen molar-refractivity contribution in [1.82, 2.24) is 4.90 Å². The molecule has 3 rings (SSSR count). The predicted octanol–water partition coefficient (Wildman–Crippen LogP) is 4.28. The molecule has 0 aliphatic carbocycles. The molecule has 5 heteroatoms. The van der Waals surface area contributed by atoms with Crippen LogP contribution in [0, 0.1) is 0 Å². The third-order valence-corrected chi connectivity index (χ3v) is 5.63. The van der Waals surface area contributed by atoms with Crippen molar-refractivity contribution in [2.45, 2.75) is 33.2 Å². The summed E-state index contributed by atoms with van der Waals surface area (Å²) in [5, 5.41) is 0. The van der Waals surface area contributed by atoms with Gasteiger partial charge < -0.3 is 19.4 Å². The number of carbonyl (C=O) groups excluding carboxylic acids is 1. The summed E-state index contributed by atoms with van der Waals surface area (Å²) < 4.78 is 5.25. The average molecular weight is 396 g/mol. The van der Waals surface area contributed by atoms with Crippen molar-refractivity contribution >= 4 is 17.3 Å². The number of anilines is 2. The van der Waals surface area contributed by atoms with Crippen molar-refractivity contribution < 1.29 is 9.53 Å². The van der Waals surface area contributed by atoms with Crippen LogP contribution in [0.2, 0.25) is 0 Å². The zero-order valence-electron chi connectivity index (χ0n) is 18.1. The topological polar surface area (TPSA) is 36.0 Å². The standard InChI is InChI=1S/C24H33N3O2/c1-5-27(19(2)3)22-9-7-20(8-10-22)24(28)26-16-6-15-25(17-18-26)21-11-13-23(29-4)14-12-21/h7-14,19H,5-6,15-18H2,1-4H3. The summed E-state index contributed by atoms with van der Waals surface area (Å²) in [6, 6.07) is 16.7. The first-order valence-corrected chi connectivity index (χ1v) is 10.6. The minimum atomic E-state index is 0.126. The molecule has 2 aromatic carbocycles. The molecule has 0 radical (unpaired) electrons. The molecule has 1 amide bonds. The number of rotatable bonds is 6. The lowest BCUT2D eigenvalue weighted by Crippen LogP contribution is -2.35. The Bertz CT molecular complexity index is 787. The van der Waals surface area contributed by atoms with Crippen molar-refractivity contribution in [3.63, 3.8) is 0 Å². The Morgan fingerprint density at radius 3 is 2.28 bits per heavy atom. The number of amides is 1. The quantitative estimate of drug-likeness (QED) is 0.731. The summed E-state index contributed by atoms with van der Waals surface area (Å²) in [5.74, 6) is 0.989. The van der Waals surface area contributed by atoms with Gasteiger partial charge in [0.1, 0.15) is 5.75 Å². The molecule has 1 fully saturated rings. The van der Waals surface area contributed by atoms with Gasteiger partial charge in [0.05, 0.1) is 7.11 Å². The van der Waals surface area contributed by atoms with E-state index in [1.165, 1.54) is 11.4 Å². The second kappa shape index (κ2) is 9.68. The van der Waals surface area contributed by atoms with Crippen LogP contribution in [0.1, 0.15) is 37.6 Å². The van der Waals surface area contributed by atoms with Crippen molar-refractivity contribution in [2.24, 2.45) is 0 Å². The summed E-state index contributed by atoms with van der Waals surface area (Å²) in [5.41, 5.74) is 3.12. The molecule has 0 unspecified atom stereocenters. The molecule has 2 aromatic rings. The van der Waals surface area contributed by atoms with E-state index in [2.05, 4.69) is 54.8 Å². The number of methoxy groups -OCH3 is 1. The highest BCUT2D eigenvalue weighted by atomic mass is 16.5. The van der Waals surface area contributed by atoms with Crippen LogP contribution in [0.25, 0.3) is 0 Å². The van der Waals surface area contributed by atoms with E-state index in [1.807, 2.05) is 29.2 Å². The molecule has 5 nitrogen and oxygen atoms in total. The van der Waals surface area contributed by atoms with Crippen molar-refractivity contribution in [1.29, 1.82) is 0 Å². The molecule has 156 valence electrons. The second-order valence-corrected chi connectivity index (χ2v) is 7.76. The van der Waals surface area contributed by atoms with E-state index >= 15 is 0 Å². The van der Waals surface area contributed by atoms with Crippen LogP contribution in [0.4, 0.5) is 11.4 Å². The number of carbonyl (C=O) groups is 1. The van der Waals surface area contributed by atoms with Crippen LogP contribution < -0.4 is 14.5 Å². The Labute approximate surface area is 174 Å². The van der Waals surface area contributed by atoms with E-state index in [4.69, 9.17) is 4.74 Å². The zero-order chi connectivity index (χ0) is 20.8. The number of hydrogen-bond donors (Lipinski definition) is 0. The predicted molar refractivity (Wildman–Crippen MR) is 120 cm³/mol. The summed E-state index contributed by atoms with van der Waals surface area (Å²) in [4.78, 5) is 19.7. The van der Waals surface area contributed by atoms with Crippen molar-refractivity contribution in [3.05, 3.63) is 54.1 Å². The number of hydrogen-bond acceptors (Lipinski definition) is 4. The first kappa shape index (κ1) is 21.0. The van der Waals surface area contributed by atoms with Gasteiger partial charge in [-0.3, -0.25) is 4.79 Å². The SMILES string of the molecule is CCN(c1ccc(C(=O)N2CCCN(c3ccc(OC)cc3)CC2)cc1)C(C)C. The van der Waals surface area contributed by atoms with Gasteiger partial charge in [-0.2, -0.15) is 0 Å². The van der Waals surface area contributed by atoms with Crippen LogP contribution in [0.15, 0.2) is 48.5 Å². The Morgan fingerprint density at radius 1 is 1.00 bits per heavy atom. The molecule has 1 aliphatic heterocycles. The van der Waals surface area contributed by atoms with Gasteiger partial charge in [-0.1, -0.05) is 0 Å². The summed E-state index contributed by atoms with van der Waals surface area (Å²) >= 11 is 0. The number of ether oxygens (including phenoxy) is 1. The van der Waals surface area contributed by atoms with Crippen LogP contribution in [0.5, 0.6) is 5.75 Å².